The predicted molar refractivity (Wildman–Crippen MR) is 59.6 cm³/mol. The van der Waals surface area contributed by atoms with Crippen LogP contribution in [0.5, 0.6) is 0 Å². The molecule has 0 aromatic carbocycles. The van der Waals surface area contributed by atoms with Crippen LogP contribution in [-0.4, -0.2) is 37.9 Å². The summed E-state index contributed by atoms with van der Waals surface area (Å²) in [7, 11) is 1.40. The van der Waals surface area contributed by atoms with E-state index in [1.165, 1.54) is 7.11 Å². The average molecular weight is 217 g/mol. The molecule has 0 fully saturated rings. The lowest BCUT2D eigenvalue weighted by atomic mass is 9.90. The third-order valence-corrected chi connectivity index (χ3v) is 2.35. The number of aliphatic hydroxyl groups is 1. The molecule has 0 spiro atoms. The number of rotatable bonds is 8. The van der Waals surface area contributed by atoms with Gasteiger partial charge in [-0.15, -0.1) is 0 Å². The topological polar surface area (TPSA) is 58.6 Å². The molecule has 0 amide bonds. The minimum atomic E-state index is -0.161. The number of aliphatic hydroxyl groups excluding tert-OH is 1. The first-order chi connectivity index (χ1) is 7.02. The van der Waals surface area contributed by atoms with Crippen molar-refractivity contribution in [2.45, 2.75) is 33.1 Å². The fourth-order valence-electron chi connectivity index (χ4n) is 1.28. The van der Waals surface area contributed by atoms with Crippen molar-refractivity contribution in [1.29, 1.82) is 0 Å². The molecule has 0 aliphatic rings. The Morgan fingerprint density at radius 1 is 1.47 bits per heavy atom. The predicted octanol–water partition coefficient (Wildman–Crippen LogP) is 0.938. The first kappa shape index (κ1) is 14.4. The standard InChI is InChI=1S/C11H23NO3/c1-11(2,6-8-13)9-12-7-4-5-10(14)15-3/h12-13H,4-9H2,1-3H3. The quantitative estimate of drug-likeness (QED) is 0.469. The minimum Gasteiger partial charge on any atom is -0.469 e. The van der Waals surface area contributed by atoms with Crippen molar-refractivity contribution in [3.05, 3.63) is 0 Å². The second-order valence-corrected chi connectivity index (χ2v) is 4.49. The van der Waals surface area contributed by atoms with Crippen molar-refractivity contribution >= 4 is 5.97 Å². The van der Waals surface area contributed by atoms with Crippen LogP contribution in [0.1, 0.15) is 33.1 Å². The second kappa shape index (κ2) is 7.65. The maximum Gasteiger partial charge on any atom is 0.305 e. The largest absolute Gasteiger partial charge is 0.469 e. The molecule has 0 aliphatic heterocycles. The third kappa shape index (κ3) is 8.39. The monoisotopic (exact) mass is 217 g/mol. The van der Waals surface area contributed by atoms with E-state index < -0.39 is 0 Å². The van der Waals surface area contributed by atoms with Gasteiger partial charge in [0.15, 0.2) is 0 Å². The van der Waals surface area contributed by atoms with E-state index >= 15 is 0 Å². The maximum absolute atomic E-state index is 10.8. The molecule has 90 valence electrons. The van der Waals surface area contributed by atoms with Gasteiger partial charge in [0.25, 0.3) is 0 Å². The number of methoxy groups -OCH3 is 1. The summed E-state index contributed by atoms with van der Waals surface area (Å²) in [5, 5.41) is 12.1. The fraction of sp³-hybridized carbons (Fsp3) is 0.909. The summed E-state index contributed by atoms with van der Waals surface area (Å²) >= 11 is 0. The van der Waals surface area contributed by atoms with E-state index in [1.807, 2.05) is 0 Å². The molecule has 0 saturated carbocycles. The summed E-state index contributed by atoms with van der Waals surface area (Å²) in [5.41, 5.74) is 0.111. The zero-order valence-electron chi connectivity index (χ0n) is 10.0. The molecule has 0 aromatic heterocycles. The Morgan fingerprint density at radius 2 is 2.13 bits per heavy atom. The number of nitrogens with one attached hydrogen (secondary N) is 1. The minimum absolute atomic E-state index is 0.111. The summed E-state index contributed by atoms with van der Waals surface area (Å²) in [4.78, 5) is 10.8. The highest BCUT2D eigenvalue weighted by molar-refractivity contribution is 5.68. The van der Waals surface area contributed by atoms with Gasteiger partial charge in [0.1, 0.15) is 0 Å². The van der Waals surface area contributed by atoms with Crippen molar-refractivity contribution in [3.8, 4) is 0 Å². The van der Waals surface area contributed by atoms with Gasteiger partial charge in [0, 0.05) is 19.6 Å². The summed E-state index contributed by atoms with van der Waals surface area (Å²) in [6.45, 7) is 6.10. The molecule has 0 unspecified atom stereocenters. The molecule has 0 aromatic rings. The van der Waals surface area contributed by atoms with Crippen molar-refractivity contribution in [3.63, 3.8) is 0 Å². The molecular formula is C11H23NO3. The van der Waals surface area contributed by atoms with Gasteiger partial charge in [0.2, 0.25) is 0 Å². The SMILES string of the molecule is COC(=O)CCCNCC(C)(C)CCO. The maximum atomic E-state index is 10.8. The molecule has 0 heterocycles. The molecule has 0 rings (SSSR count). The lowest BCUT2D eigenvalue weighted by Gasteiger charge is -2.23. The molecule has 0 radical (unpaired) electrons. The fourth-order valence-corrected chi connectivity index (χ4v) is 1.28. The van der Waals surface area contributed by atoms with Crippen LogP contribution >= 0.6 is 0 Å². The molecule has 0 bridgehead atoms. The molecule has 2 N–H and O–H groups in total. The summed E-state index contributed by atoms with van der Waals surface area (Å²) in [6.07, 6.45) is 2.04. The first-order valence-electron chi connectivity index (χ1n) is 5.40. The normalized spacial score (nSPS) is 11.5. The third-order valence-electron chi connectivity index (χ3n) is 2.35. The van der Waals surface area contributed by atoms with Crippen molar-refractivity contribution in [2.24, 2.45) is 5.41 Å². The van der Waals surface area contributed by atoms with Crippen molar-refractivity contribution in [2.75, 3.05) is 26.8 Å². The molecule has 4 nitrogen and oxygen atoms in total. The van der Waals surface area contributed by atoms with Gasteiger partial charge in [-0.05, 0) is 24.8 Å². The average Bonchev–Trinajstić information content (AvgIpc) is 2.16. The van der Waals surface area contributed by atoms with Crippen LogP contribution in [-0.2, 0) is 9.53 Å². The van der Waals surface area contributed by atoms with Gasteiger partial charge >= 0.3 is 5.97 Å². The number of hydrogen-bond acceptors (Lipinski definition) is 4. The molecule has 4 heteroatoms. The Bertz CT molecular complexity index is 181. The molecule has 15 heavy (non-hydrogen) atoms. The molecule has 0 atom stereocenters. The Morgan fingerprint density at radius 3 is 2.67 bits per heavy atom. The van der Waals surface area contributed by atoms with Gasteiger partial charge in [-0.1, -0.05) is 13.8 Å². The van der Waals surface area contributed by atoms with Gasteiger partial charge in [-0.2, -0.15) is 0 Å². The molecule has 0 aliphatic carbocycles. The second-order valence-electron chi connectivity index (χ2n) is 4.49. The van der Waals surface area contributed by atoms with Crippen LogP contribution in [0, 0.1) is 5.41 Å². The van der Waals surface area contributed by atoms with Crippen LogP contribution in [0.3, 0.4) is 0 Å². The van der Waals surface area contributed by atoms with Crippen LogP contribution in [0.4, 0.5) is 0 Å². The number of hydrogen-bond donors (Lipinski definition) is 2. The van der Waals surface area contributed by atoms with E-state index in [9.17, 15) is 4.79 Å². The van der Waals surface area contributed by atoms with Crippen LogP contribution < -0.4 is 5.32 Å². The van der Waals surface area contributed by atoms with Gasteiger partial charge < -0.3 is 15.2 Å². The zero-order valence-corrected chi connectivity index (χ0v) is 10.0. The van der Waals surface area contributed by atoms with E-state index in [2.05, 4.69) is 23.9 Å². The number of ether oxygens (including phenoxy) is 1. The van der Waals surface area contributed by atoms with Crippen molar-refractivity contribution < 1.29 is 14.6 Å². The highest BCUT2D eigenvalue weighted by Gasteiger charge is 2.15. The highest BCUT2D eigenvalue weighted by atomic mass is 16.5. The van der Waals surface area contributed by atoms with E-state index in [0.717, 1.165) is 25.9 Å². The Balaban J connectivity index is 3.41. The Kier molecular flexibility index (Phi) is 7.34. The molecule has 0 saturated heterocycles. The first-order valence-corrected chi connectivity index (χ1v) is 5.40. The van der Waals surface area contributed by atoms with Crippen molar-refractivity contribution in [1.82, 2.24) is 5.32 Å². The number of carbonyl (C=O) groups excluding carboxylic acids is 1. The number of esters is 1. The van der Waals surface area contributed by atoms with Gasteiger partial charge in [-0.25, -0.2) is 0 Å². The van der Waals surface area contributed by atoms with Crippen LogP contribution in [0.15, 0.2) is 0 Å². The van der Waals surface area contributed by atoms with E-state index in [0.29, 0.717) is 6.42 Å². The molecular weight excluding hydrogens is 194 g/mol. The zero-order chi connectivity index (χ0) is 11.7. The van der Waals surface area contributed by atoms with Crippen LogP contribution in [0.25, 0.3) is 0 Å². The van der Waals surface area contributed by atoms with Gasteiger partial charge in [-0.3, -0.25) is 4.79 Å². The van der Waals surface area contributed by atoms with Gasteiger partial charge in [0.05, 0.1) is 7.11 Å². The number of carbonyl (C=O) groups is 1. The summed E-state index contributed by atoms with van der Waals surface area (Å²) < 4.78 is 4.54. The Hall–Kier alpha value is -0.610. The smallest absolute Gasteiger partial charge is 0.305 e. The summed E-state index contributed by atoms with van der Waals surface area (Å²) in [6, 6.07) is 0. The highest BCUT2D eigenvalue weighted by Crippen LogP contribution is 2.17. The van der Waals surface area contributed by atoms with E-state index in [1.54, 1.807) is 0 Å². The Labute approximate surface area is 92.0 Å². The lowest BCUT2D eigenvalue weighted by Crippen LogP contribution is -2.31. The van der Waals surface area contributed by atoms with E-state index in [-0.39, 0.29) is 18.0 Å². The lowest BCUT2D eigenvalue weighted by molar-refractivity contribution is -0.140. The summed E-state index contributed by atoms with van der Waals surface area (Å²) in [5.74, 6) is -0.161. The van der Waals surface area contributed by atoms with Crippen LogP contribution in [0.2, 0.25) is 0 Å². The van der Waals surface area contributed by atoms with E-state index in [4.69, 9.17) is 5.11 Å².